The van der Waals surface area contributed by atoms with Gasteiger partial charge in [0.1, 0.15) is 12.0 Å². The Kier molecular flexibility index (Phi) is 4.06. The molecule has 0 aromatic carbocycles. The van der Waals surface area contributed by atoms with Crippen molar-refractivity contribution in [3.63, 3.8) is 0 Å². The molecule has 2 aromatic rings. The molecule has 0 aliphatic heterocycles. The maximum Gasteiger partial charge on any atom is 0.242 e. The molecule has 1 atom stereocenters. The van der Waals surface area contributed by atoms with E-state index in [0.717, 1.165) is 6.42 Å². The van der Waals surface area contributed by atoms with Crippen molar-refractivity contribution in [2.45, 2.75) is 26.3 Å². The number of anilines is 2. The first kappa shape index (κ1) is 13.0. The number of ether oxygens (including phenoxy) is 1. The van der Waals surface area contributed by atoms with E-state index < -0.39 is 0 Å². The minimum Gasteiger partial charge on any atom is -0.476 e. The molecule has 1 unspecified atom stereocenters. The molecular formula is C10H16N8O. The lowest BCUT2D eigenvalue weighted by atomic mass is 10.3. The zero-order chi connectivity index (χ0) is 13.7. The van der Waals surface area contributed by atoms with Crippen molar-refractivity contribution in [3.8, 4) is 5.88 Å². The number of H-pyrrole nitrogens is 1. The molecule has 0 amide bonds. The van der Waals surface area contributed by atoms with Crippen molar-refractivity contribution in [2.24, 2.45) is 0 Å². The molecule has 0 aliphatic rings. The van der Waals surface area contributed by atoms with Crippen molar-refractivity contribution in [1.29, 1.82) is 0 Å². The number of aromatic nitrogens is 6. The fourth-order valence-corrected chi connectivity index (χ4v) is 1.43. The van der Waals surface area contributed by atoms with Gasteiger partial charge in [-0.2, -0.15) is 10.2 Å². The lowest BCUT2D eigenvalue weighted by Gasteiger charge is -2.14. The van der Waals surface area contributed by atoms with Gasteiger partial charge in [-0.05, 0) is 13.3 Å². The van der Waals surface area contributed by atoms with E-state index in [0.29, 0.717) is 29.8 Å². The second-order valence-corrected chi connectivity index (χ2v) is 3.93. The Morgan fingerprint density at radius 3 is 3.00 bits per heavy atom. The van der Waals surface area contributed by atoms with Crippen LogP contribution in [0.4, 0.5) is 11.5 Å². The molecule has 0 saturated heterocycles. The molecule has 2 heterocycles. The standard InChI is InChI=1S/C10H16N8O/c1-3-4-19-10-7(11)9(12-5-13-10)14-6(2)8-15-17-18-16-8/h5-6H,3-4,11H2,1-2H3,(H,12,13,14)(H,15,16,17,18). The molecule has 19 heavy (non-hydrogen) atoms. The third-order valence-corrected chi connectivity index (χ3v) is 2.39. The summed E-state index contributed by atoms with van der Waals surface area (Å²) in [5.74, 6) is 1.38. The van der Waals surface area contributed by atoms with Crippen LogP contribution >= 0.6 is 0 Å². The zero-order valence-corrected chi connectivity index (χ0v) is 10.8. The Labute approximate surface area is 110 Å². The second-order valence-electron chi connectivity index (χ2n) is 3.93. The van der Waals surface area contributed by atoms with Crippen LogP contribution in [0, 0.1) is 0 Å². The summed E-state index contributed by atoms with van der Waals surface area (Å²) in [4.78, 5) is 8.08. The van der Waals surface area contributed by atoms with Gasteiger partial charge < -0.3 is 15.8 Å². The minimum atomic E-state index is -0.185. The summed E-state index contributed by atoms with van der Waals surface area (Å²) in [6.07, 6.45) is 2.28. The van der Waals surface area contributed by atoms with Crippen LogP contribution in [-0.2, 0) is 0 Å². The molecule has 102 valence electrons. The Morgan fingerprint density at radius 2 is 2.32 bits per heavy atom. The van der Waals surface area contributed by atoms with Crippen molar-refractivity contribution in [1.82, 2.24) is 30.6 Å². The normalized spacial score (nSPS) is 12.1. The maximum absolute atomic E-state index is 5.95. The Morgan fingerprint density at radius 1 is 1.47 bits per heavy atom. The van der Waals surface area contributed by atoms with E-state index in [2.05, 4.69) is 35.9 Å². The van der Waals surface area contributed by atoms with Gasteiger partial charge in [0.2, 0.25) is 5.88 Å². The van der Waals surface area contributed by atoms with Crippen LogP contribution in [0.3, 0.4) is 0 Å². The summed E-state index contributed by atoms with van der Waals surface area (Å²) in [5.41, 5.74) is 6.32. The lowest BCUT2D eigenvalue weighted by molar-refractivity contribution is 0.306. The third kappa shape index (κ3) is 3.06. The molecule has 0 bridgehead atoms. The van der Waals surface area contributed by atoms with Crippen LogP contribution in [0.1, 0.15) is 32.1 Å². The monoisotopic (exact) mass is 264 g/mol. The highest BCUT2D eigenvalue weighted by Crippen LogP contribution is 2.26. The van der Waals surface area contributed by atoms with Gasteiger partial charge in [0.15, 0.2) is 11.6 Å². The van der Waals surface area contributed by atoms with E-state index in [4.69, 9.17) is 10.5 Å². The van der Waals surface area contributed by atoms with E-state index in [1.807, 2.05) is 13.8 Å². The fraction of sp³-hybridized carbons (Fsp3) is 0.500. The first-order valence-corrected chi connectivity index (χ1v) is 5.95. The van der Waals surface area contributed by atoms with Gasteiger partial charge in [-0.25, -0.2) is 4.98 Å². The fourth-order valence-electron chi connectivity index (χ4n) is 1.43. The number of tetrazole rings is 1. The van der Waals surface area contributed by atoms with Gasteiger partial charge in [0.25, 0.3) is 0 Å². The van der Waals surface area contributed by atoms with Gasteiger partial charge in [0, 0.05) is 0 Å². The Hall–Kier alpha value is -2.45. The number of nitrogens with two attached hydrogens (primary N) is 1. The second kappa shape index (κ2) is 5.94. The summed E-state index contributed by atoms with van der Waals surface area (Å²) in [6.45, 7) is 4.44. The minimum absolute atomic E-state index is 0.185. The van der Waals surface area contributed by atoms with Crippen LogP contribution < -0.4 is 15.8 Å². The number of nitrogen functional groups attached to an aromatic ring is 1. The molecule has 0 saturated carbocycles. The number of hydrogen-bond acceptors (Lipinski definition) is 8. The molecule has 4 N–H and O–H groups in total. The van der Waals surface area contributed by atoms with E-state index in [1.54, 1.807) is 0 Å². The number of nitrogens with one attached hydrogen (secondary N) is 2. The van der Waals surface area contributed by atoms with Gasteiger partial charge in [-0.3, -0.25) is 0 Å². The molecule has 0 fully saturated rings. The average molecular weight is 264 g/mol. The third-order valence-electron chi connectivity index (χ3n) is 2.39. The Bertz CT molecular complexity index is 514. The molecule has 0 spiro atoms. The molecule has 2 rings (SSSR count). The number of aromatic amines is 1. The van der Waals surface area contributed by atoms with Gasteiger partial charge in [0.05, 0.1) is 12.6 Å². The van der Waals surface area contributed by atoms with Crippen LogP contribution in [0.5, 0.6) is 5.88 Å². The summed E-state index contributed by atoms with van der Waals surface area (Å²) in [6, 6.07) is -0.185. The Balaban J connectivity index is 2.12. The van der Waals surface area contributed by atoms with E-state index >= 15 is 0 Å². The van der Waals surface area contributed by atoms with Crippen LogP contribution in [-0.4, -0.2) is 37.2 Å². The molecule has 9 nitrogen and oxygen atoms in total. The smallest absolute Gasteiger partial charge is 0.242 e. The summed E-state index contributed by atoms with van der Waals surface area (Å²) in [7, 11) is 0. The van der Waals surface area contributed by atoms with Crippen LogP contribution in [0.25, 0.3) is 0 Å². The topological polar surface area (TPSA) is 128 Å². The molecule has 0 aliphatic carbocycles. The summed E-state index contributed by atoms with van der Waals surface area (Å²) in [5, 5.41) is 16.8. The predicted octanol–water partition coefficient (Wildman–Crippen LogP) is 0.534. The molecular weight excluding hydrogens is 248 g/mol. The zero-order valence-electron chi connectivity index (χ0n) is 10.8. The number of hydrogen-bond donors (Lipinski definition) is 3. The van der Waals surface area contributed by atoms with Gasteiger partial charge >= 0.3 is 0 Å². The number of nitrogens with zero attached hydrogens (tertiary/aromatic N) is 5. The first-order chi connectivity index (χ1) is 9.22. The highest BCUT2D eigenvalue weighted by Gasteiger charge is 2.15. The largest absolute Gasteiger partial charge is 0.476 e. The van der Waals surface area contributed by atoms with E-state index in [1.165, 1.54) is 6.33 Å². The van der Waals surface area contributed by atoms with Crippen molar-refractivity contribution in [2.75, 3.05) is 17.7 Å². The lowest BCUT2D eigenvalue weighted by Crippen LogP contribution is -2.13. The van der Waals surface area contributed by atoms with Crippen molar-refractivity contribution >= 4 is 11.5 Å². The van der Waals surface area contributed by atoms with Gasteiger partial charge in [-0.15, -0.1) is 10.2 Å². The highest BCUT2D eigenvalue weighted by atomic mass is 16.5. The molecule has 0 radical (unpaired) electrons. The van der Waals surface area contributed by atoms with Crippen LogP contribution in [0.15, 0.2) is 6.33 Å². The SMILES string of the molecule is CCCOc1ncnc(NC(C)c2nn[nH]n2)c1N. The van der Waals surface area contributed by atoms with E-state index in [-0.39, 0.29) is 6.04 Å². The maximum atomic E-state index is 5.95. The number of rotatable bonds is 6. The molecule has 9 heteroatoms. The van der Waals surface area contributed by atoms with Gasteiger partial charge in [-0.1, -0.05) is 12.1 Å². The van der Waals surface area contributed by atoms with Crippen molar-refractivity contribution in [3.05, 3.63) is 12.2 Å². The van der Waals surface area contributed by atoms with Crippen LogP contribution in [0.2, 0.25) is 0 Å². The quantitative estimate of drug-likeness (QED) is 0.689. The van der Waals surface area contributed by atoms with Crippen molar-refractivity contribution < 1.29 is 4.74 Å². The highest BCUT2D eigenvalue weighted by molar-refractivity contribution is 5.66. The van der Waals surface area contributed by atoms with E-state index in [9.17, 15) is 0 Å². The predicted molar refractivity (Wildman–Crippen MR) is 68.4 cm³/mol. The first-order valence-electron chi connectivity index (χ1n) is 5.95. The summed E-state index contributed by atoms with van der Waals surface area (Å²) < 4.78 is 5.43. The summed E-state index contributed by atoms with van der Waals surface area (Å²) >= 11 is 0. The molecule has 2 aromatic heterocycles. The average Bonchev–Trinajstić information content (AvgIpc) is 2.94.